The van der Waals surface area contributed by atoms with E-state index in [4.69, 9.17) is 0 Å². The summed E-state index contributed by atoms with van der Waals surface area (Å²) in [7, 11) is 0. The van der Waals surface area contributed by atoms with Crippen molar-refractivity contribution in [1.82, 2.24) is 5.32 Å². The summed E-state index contributed by atoms with van der Waals surface area (Å²) in [5, 5.41) is 12.6. The van der Waals surface area contributed by atoms with Crippen LogP contribution in [0.25, 0.3) is 0 Å². The summed E-state index contributed by atoms with van der Waals surface area (Å²) in [6.45, 7) is 0. The lowest BCUT2D eigenvalue weighted by Crippen LogP contribution is -2.30. The predicted molar refractivity (Wildman–Crippen MR) is 69.6 cm³/mol. The van der Waals surface area contributed by atoms with E-state index in [9.17, 15) is 9.90 Å². The molecule has 0 heterocycles. The highest BCUT2D eigenvalue weighted by Gasteiger charge is 2.29. The minimum absolute atomic E-state index is 0.405. The van der Waals surface area contributed by atoms with Crippen molar-refractivity contribution < 1.29 is 9.90 Å². The van der Waals surface area contributed by atoms with E-state index in [1.54, 1.807) is 0 Å². The molecule has 18 heavy (non-hydrogen) atoms. The molecule has 1 fully saturated rings. The third-order valence-corrected chi connectivity index (χ3v) is 3.93. The average Bonchev–Trinajstić information content (AvgIpc) is 3.19. The van der Waals surface area contributed by atoms with E-state index < -0.39 is 12.0 Å². The molecule has 1 saturated carbocycles. The molecule has 96 valence electrons. The van der Waals surface area contributed by atoms with Crippen LogP contribution in [0.3, 0.4) is 0 Å². The van der Waals surface area contributed by atoms with Crippen LogP contribution >= 0.6 is 0 Å². The van der Waals surface area contributed by atoms with Crippen molar-refractivity contribution in [3.63, 3.8) is 0 Å². The minimum atomic E-state index is -0.766. The summed E-state index contributed by atoms with van der Waals surface area (Å²) in [6, 6.07) is 6.07. The topological polar surface area (TPSA) is 49.3 Å². The number of benzene rings is 1. The molecule has 0 radical (unpaired) electrons. The van der Waals surface area contributed by atoms with Gasteiger partial charge < -0.3 is 5.11 Å². The normalized spacial score (nSPS) is 20.2. The van der Waals surface area contributed by atoms with E-state index in [2.05, 4.69) is 17.4 Å². The third-order valence-electron chi connectivity index (χ3n) is 3.93. The lowest BCUT2D eigenvalue weighted by molar-refractivity contribution is -0.139. The highest BCUT2D eigenvalue weighted by atomic mass is 16.4. The maximum absolute atomic E-state index is 11.4. The first-order valence-corrected chi connectivity index (χ1v) is 6.84. The molecule has 3 nitrogen and oxygen atoms in total. The molecule has 2 aliphatic carbocycles. The highest BCUT2D eigenvalue weighted by molar-refractivity contribution is 5.75. The van der Waals surface area contributed by atoms with Crippen LogP contribution in [0.4, 0.5) is 0 Å². The van der Waals surface area contributed by atoms with Crippen LogP contribution < -0.4 is 5.32 Å². The summed E-state index contributed by atoms with van der Waals surface area (Å²) < 4.78 is 0. The van der Waals surface area contributed by atoms with Crippen LogP contribution in [-0.4, -0.2) is 17.1 Å². The molecule has 0 bridgehead atoms. The van der Waals surface area contributed by atoms with Gasteiger partial charge in [0.1, 0.15) is 6.04 Å². The van der Waals surface area contributed by atoms with Gasteiger partial charge in [-0.2, -0.15) is 0 Å². The highest BCUT2D eigenvalue weighted by Crippen LogP contribution is 2.28. The number of hydrogen-bond acceptors (Lipinski definition) is 2. The summed E-state index contributed by atoms with van der Waals surface area (Å²) in [5.41, 5.74) is 3.67. The van der Waals surface area contributed by atoms with Crippen LogP contribution in [0.15, 0.2) is 18.2 Å². The number of fused-ring (bicyclic) bond motifs is 1. The van der Waals surface area contributed by atoms with Gasteiger partial charge >= 0.3 is 5.97 Å². The minimum Gasteiger partial charge on any atom is -0.480 e. The van der Waals surface area contributed by atoms with E-state index in [1.165, 1.54) is 24.0 Å². The first-order chi connectivity index (χ1) is 8.74. The van der Waals surface area contributed by atoms with Gasteiger partial charge in [0.25, 0.3) is 0 Å². The Labute approximate surface area is 107 Å². The smallest absolute Gasteiger partial charge is 0.325 e. The zero-order chi connectivity index (χ0) is 12.5. The van der Waals surface area contributed by atoms with Crippen molar-refractivity contribution in [2.24, 2.45) is 0 Å². The first kappa shape index (κ1) is 11.7. The Hall–Kier alpha value is -1.35. The largest absolute Gasteiger partial charge is 0.480 e. The Morgan fingerprint density at radius 2 is 1.94 bits per heavy atom. The van der Waals surface area contributed by atoms with Crippen molar-refractivity contribution in [2.45, 2.75) is 50.6 Å². The molecule has 0 amide bonds. The predicted octanol–water partition coefficient (Wildman–Crippen LogP) is 2.44. The molecule has 0 spiro atoms. The molecule has 1 aromatic rings. The number of carbonyl (C=O) groups is 1. The van der Waals surface area contributed by atoms with Crippen LogP contribution in [-0.2, 0) is 17.6 Å². The van der Waals surface area contributed by atoms with E-state index in [0.717, 1.165) is 31.2 Å². The molecule has 2 aliphatic rings. The zero-order valence-electron chi connectivity index (χ0n) is 10.5. The molecule has 1 aromatic carbocycles. The number of aryl methyl sites for hydroxylation is 2. The Kier molecular flexibility index (Phi) is 3.08. The molecule has 3 rings (SSSR count). The monoisotopic (exact) mass is 245 g/mol. The van der Waals surface area contributed by atoms with E-state index in [0.29, 0.717) is 6.04 Å². The SMILES string of the molecule is O=C(O)C(NC1CC1)c1ccc2c(c1)CCCC2. The molecule has 3 heteroatoms. The Morgan fingerprint density at radius 3 is 2.61 bits per heavy atom. The van der Waals surface area contributed by atoms with Crippen molar-refractivity contribution in [3.05, 3.63) is 34.9 Å². The fourth-order valence-electron chi connectivity index (χ4n) is 2.73. The molecule has 2 N–H and O–H groups in total. The number of carboxylic acids is 1. The second kappa shape index (κ2) is 4.73. The van der Waals surface area contributed by atoms with Gasteiger partial charge in [0.15, 0.2) is 0 Å². The Bertz CT molecular complexity index is 466. The van der Waals surface area contributed by atoms with Gasteiger partial charge in [-0.15, -0.1) is 0 Å². The van der Waals surface area contributed by atoms with Crippen LogP contribution in [0.2, 0.25) is 0 Å². The molecular formula is C15H19NO2. The standard InChI is InChI=1S/C15H19NO2/c17-15(18)14(16-13-7-8-13)12-6-5-10-3-1-2-4-11(10)9-12/h5-6,9,13-14,16H,1-4,7-8H2,(H,17,18). The number of aliphatic carboxylic acids is 1. The number of rotatable bonds is 4. The van der Waals surface area contributed by atoms with Crippen molar-refractivity contribution >= 4 is 5.97 Å². The second-order valence-corrected chi connectivity index (χ2v) is 5.45. The second-order valence-electron chi connectivity index (χ2n) is 5.45. The summed E-state index contributed by atoms with van der Waals surface area (Å²) in [5.74, 6) is -0.766. The maximum Gasteiger partial charge on any atom is 0.325 e. The van der Waals surface area contributed by atoms with Gasteiger partial charge in [-0.25, -0.2) is 0 Å². The van der Waals surface area contributed by atoms with E-state index in [1.807, 2.05) is 6.07 Å². The maximum atomic E-state index is 11.4. The number of carboxylic acid groups (broad SMARTS) is 1. The average molecular weight is 245 g/mol. The zero-order valence-corrected chi connectivity index (χ0v) is 10.5. The molecule has 0 aliphatic heterocycles. The molecule has 0 saturated heterocycles. The molecule has 1 unspecified atom stereocenters. The Morgan fingerprint density at radius 1 is 1.22 bits per heavy atom. The third kappa shape index (κ3) is 2.41. The van der Waals surface area contributed by atoms with Gasteiger partial charge in [-0.1, -0.05) is 18.2 Å². The lowest BCUT2D eigenvalue weighted by Gasteiger charge is -2.20. The molecule has 1 atom stereocenters. The molecular weight excluding hydrogens is 226 g/mol. The first-order valence-electron chi connectivity index (χ1n) is 6.84. The lowest BCUT2D eigenvalue weighted by atomic mass is 9.89. The van der Waals surface area contributed by atoms with E-state index >= 15 is 0 Å². The fraction of sp³-hybridized carbons (Fsp3) is 0.533. The fourth-order valence-corrected chi connectivity index (χ4v) is 2.73. The van der Waals surface area contributed by atoms with Gasteiger partial charge in [-0.05, 0) is 55.2 Å². The van der Waals surface area contributed by atoms with E-state index in [-0.39, 0.29) is 0 Å². The van der Waals surface area contributed by atoms with Gasteiger partial charge in [0.2, 0.25) is 0 Å². The summed E-state index contributed by atoms with van der Waals surface area (Å²) in [4.78, 5) is 11.4. The molecule has 0 aromatic heterocycles. The van der Waals surface area contributed by atoms with Crippen molar-refractivity contribution in [1.29, 1.82) is 0 Å². The Balaban J connectivity index is 1.86. The summed E-state index contributed by atoms with van der Waals surface area (Å²) >= 11 is 0. The van der Waals surface area contributed by atoms with Gasteiger partial charge in [-0.3, -0.25) is 10.1 Å². The van der Waals surface area contributed by atoms with Crippen LogP contribution in [0, 0.1) is 0 Å². The quantitative estimate of drug-likeness (QED) is 0.856. The van der Waals surface area contributed by atoms with Crippen LogP contribution in [0.1, 0.15) is 48.4 Å². The number of nitrogens with one attached hydrogen (secondary N) is 1. The summed E-state index contributed by atoms with van der Waals surface area (Å²) in [6.07, 6.45) is 6.94. The van der Waals surface area contributed by atoms with Crippen LogP contribution in [0.5, 0.6) is 0 Å². The van der Waals surface area contributed by atoms with Gasteiger partial charge in [0.05, 0.1) is 0 Å². The van der Waals surface area contributed by atoms with Gasteiger partial charge in [0, 0.05) is 6.04 Å². The number of hydrogen-bond donors (Lipinski definition) is 2. The van der Waals surface area contributed by atoms with Crippen molar-refractivity contribution in [2.75, 3.05) is 0 Å². The van der Waals surface area contributed by atoms with Crippen molar-refractivity contribution in [3.8, 4) is 0 Å².